The van der Waals surface area contributed by atoms with Gasteiger partial charge in [0.1, 0.15) is 18.1 Å². The number of rotatable bonds is 15. The number of fused-ring (bicyclic) bond motifs is 1. The number of imide groups is 1. The quantitative estimate of drug-likeness (QED) is 0.103. The van der Waals surface area contributed by atoms with Crippen molar-refractivity contribution in [1.29, 1.82) is 0 Å². The molecule has 2 aliphatic carbocycles. The number of nitrogens with one attached hydrogen (secondary N) is 3. The molecule has 1 aromatic carbocycles. The van der Waals surface area contributed by atoms with E-state index in [0.717, 1.165) is 82.3 Å². The molecule has 2 saturated heterocycles. The molecule has 63 heavy (non-hydrogen) atoms. The lowest BCUT2D eigenvalue weighted by Crippen LogP contribution is -2.44. The van der Waals surface area contributed by atoms with Gasteiger partial charge in [-0.05, 0) is 119 Å². The number of nitrogens with zero attached hydrogens (tertiary/aromatic N) is 8. The summed E-state index contributed by atoms with van der Waals surface area (Å²) in [6.07, 6.45) is 10.1. The van der Waals surface area contributed by atoms with Crippen LogP contribution >= 0.6 is 0 Å². The van der Waals surface area contributed by atoms with Crippen molar-refractivity contribution in [1.82, 2.24) is 44.0 Å². The van der Waals surface area contributed by atoms with Crippen LogP contribution in [0.15, 0.2) is 58.2 Å². The van der Waals surface area contributed by atoms with Gasteiger partial charge in [-0.2, -0.15) is 5.10 Å². The van der Waals surface area contributed by atoms with Crippen LogP contribution < -0.4 is 21.6 Å². The van der Waals surface area contributed by atoms with Gasteiger partial charge in [-0.15, -0.1) is 0 Å². The zero-order valence-corrected chi connectivity index (χ0v) is 35.8. The van der Waals surface area contributed by atoms with Crippen molar-refractivity contribution in [3.8, 4) is 11.5 Å². The fraction of sp³-hybridized carbons (Fsp3) is 0.533. The summed E-state index contributed by atoms with van der Waals surface area (Å²) in [6.45, 7) is 5.40. The summed E-state index contributed by atoms with van der Waals surface area (Å²) in [4.78, 5) is 64.6. The second kappa shape index (κ2) is 18.2. The van der Waals surface area contributed by atoms with Crippen LogP contribution in [-0.4, -0.2) is 96.2 Å². The van der Waals surface area contributed by atoms with Gasteiger partial charge in [0.25, 0.3) is 12.3 Å². The highest BCUT2D eigenvalue weighted by Gasteiger charge is 2.33. The molecule has 334 valence electrons. The third-order valence-corrected chi connectivity index (χ3v) is 13.4. The Kier molecular flexibility index (Phi) is 12.3. The first-order chi connectivity index (χ1) is 30.5. The Morgan fingerprint density at radius 1 is 0.984 bits per heavy atom. The number of oxazole rings is 1. The van der Waals surface area contributed by atoms with Gasteiger partial charge in [0.05, 0.1) is 22.8 Å². The van der Waals surface area contributed by atoms with Crippen molar-refractivity contribution < 1.29 is 27.6 Å². The number of hydrogen-bond donors (Lipinski definition) is 3. The number of likely N-dealkylation sites (tertiary alicyclic amines) is 1. The lowest BCUT2D eigenvalue weighted by molar-refractivity contribution is -0.135. The number of pyridine rings is 1. The molecular weight excluding hydrogens is 813 g/mol. The van der Waals surface area contributed by atoms with E-state index in [1.807, 2.05) is 12.1 Å². The maximum Gasteiger partial charge on any atom is 0.329 e. The van der Waals surface area contributed by atoms with Crippen LogP contribution in [0.4, 0.5) is 20.3 Å². The molecule has 6 heterocycles. The molecule has 3 amide bonds. The molecular formula is C45H55F2N11O5. The Balaban J connectivity index is 0.740. The second-order valence-electron chi connectivity index (χ2n) is 18.0. The highest BCUT2D eigenvalue weighted by Crippen LogP contribution is 2.36. The highest BCUT2D eigenvalue weighted by molar-refractivity contribution is 6.03. The maximum atomic E-state index is 14.2. The number of halogens is 2. The number of aromatic nitrogens is 6. The molecule has 16 nitrogen and oxygen atoms in total. The van der Waals surface area contributed by atoms with E-state index in [0.29, 0.717) is 47.6 Å². The largest absolute Gasteiger partial charge is 0.444 e. The number of imidazole rings is 1. The molecule has 4 fully saturated rings. The molecule has 18 heteroatoms. The van der Waals surface area contributed by atoms with Crippen molar-refractivity contribution in [3.05, 3.63) is 76.4 Å². The first-order valence-electron chi connectivity index (χ1n) is 22.2. The molecule has 0 spiro atoms. The molecule has 9 rings (SSSR count). The average Bonchev–Trinajstić information content (AvgIpc) is 3.67. The van der Waals surface area contributed by atoms with Gasteiger partial charge in [-0.3, -0.25) is 38.4 Å². The molecule has 1 atom stereocenters. The normalized spacial score (nSPS) is 21.4. The molecule has 4 aromatic heterocycles. The molecule has 5 aromatic rings. The summed E-state index contributed by atoms with van der Waals surface area (Å²) in [7, 11) is 3.93. The lowest BCUT2D eigenvalue weighted by Gasteiger charge is -2.36. The van der Waals surface area contributed by atoms with Crippen molar-refractivity contribution in [2.45, 2.75) is 89.3 Å². The van der Waals surface area contributed by atoms with Crippen molar-refractivity contribution in [3.63, 3.8) is 0 Å². The van der Waals surface area contributed by atoms with E-state index < -0.39 is 30.0 Å². The van der Waals surface area contributed by atoms with Gasteiger partial charge in [0, 0.05) is 57.6 Å². The number of alkyl halides is 2. The van der Waals surface area contributed by atoms with E-state index in [-0.39, 0.29) is 41.3 Å². The zero-order valence-electron chi connectivity index (χ0n) is 35.8. The second-order valence-corrected chi connectivity index (χ2v) is 18.0. The predicted molar refractivity (Wildman–Crippen MR) is 231 cm³/mol. The summed E-state index contributed by atoms with van der Waals surface area (Å²) < 4.78 is 38.8. The Labute approximate surface area is 363 Å². The van der Waals surface area contributed by atoms with E-state index in [1.54, 1.807) is 34.6 Å². The minimum atomic E-state index is -2.87. The van der Waals surface area contributed by atoms with E-state index in [1.165, 1.54) is 29.9 Å². The number of benzene rings is 1. The highest BCUT2D eigenvalue weighted by atomic mass is 19.3. The van der Waals surface area contributed by atoms with Gasteiger partial charge in [0.2, 0.25) is 17.7 Å². The van der Waals surface area contributed by atoms with Crippen LogP contribution in [0.1, 0.15) is 104 Å². The topological polar surface area (TPSA) is 177 Å². The molecule has 3 N–H and O–H groups in total. The first kappa shape index (κ1) is 42.5. The van der Waals surface area contributed by atoms with Crippen LogP contribution in [0.25, 0.3) is 22.5 Å². The van der Waals surface area contributed by atoms with Crippen LogP contribution in [0.2, 0.25) is 0 Å². The Hall–Kier alpha value is -5.75. The van der Waals surface area contributed by atoms with Crippen molar-refractivity contribution in [2.24, 2.45) is 24.8 Å². The number of anilines is 2. The fourth-order valence-electron chi connectivity index (χ4n) is 9.77. The van der Waals surface area contributed by atoms with E-state index >= 15 is 0 Å². The molecule has 0 bridgehead atoms. The number of carbonyl (C=O) groups excluding carboxylic acids is 3. The lowest BCUT2D eigenvalue weighted by atomic mass is 9.85. The smallest absolute Gasteiger partial charge is 0.329 e. The van der Waals surface area contributed by atoms with Crippen molar-refractivity contribution in [2.75, 3.05) is 50.4 Å². The average molecular weight is 868 g/mol. The number of hydrogen-bond acceptors (Lipinski definition) is 11. The van der Waals surface area contributed by atoms with Crippen LogP contribution in [0.5, 0.6) is 0 Å². The third-order valence-electron chi connectivity index (χ3n) is 13.4. The maximum absolute atomic E-state index is 14.2. The first-order valence-corrected chi connectivity index (χ1v) is 22.2. The number of piperidine rings is 2. The summed E-state index contributed by atoms with van der Waals surface area (Å²) in [5.41, 5.74) is 2.43. The van der Waals surface area contributed by atoms with Crippen LogP contribution in [-0.2, 0) is 23.2 Å². The van der Waals surface area contributed by atoms with Gasteiger partial charge in [0.15, 0.2) is 11.4 Å². The molecule has 1 unspecified atom stereocenters. The van der Waals surface area contributed by atoms with Crippen molar-refractivity contribution >= 4 is 40.3 Å². The standard InChI is InChI=1S/C45H55F2N11O5/c1-54(23-29-15-18-56(19-16-29)24-31-4-3-5-35-40(31)55(2)45(62)58(35)36-12-13-38(59)52-43(36)61)22-28-8-10-32(11-9-28)57-25-33(39(53-57)41(46)47)50-42(60)34-26-63-44(51-34)30-14-17-48-37(20-30)49-21-27-6-7-27/h3-5,14,17,20,25-29,32,36,41H,6-13,15-16,18-19,21-24H2,1-2H3,(H,48,49)(H,50,60)(H,52,59,61). The van der Waals surface area contributed by atoms with Crippen LogP contribution in [0.3, 0.4) is 0 Å². The molecule has 2 saturated carbocycles. The Morgan fingerprint density at radius 2 is 1.73 bits per heavy atom. The minimum absolute atomic E-state index is 0.0270. The number of amides is 3. The predicted octanol–water partition coefficient (Wildman–Crippen LogP) is 6.15. The van der Waals surface area contributed by atoms with Gasteiger partial charge in [-0.1, -0.05) is 12.1 Å². The van der Waals surface area contributed by atoms with E-state index in [2.05, 4.69) is 53.9 Å². The summed E-state index contributed by atoms with van der Waals surface area (Å²) in [6, 6.07) is 8.65. The summed E-state index contributed by atoms with van der Waals surface area (Å²) in [5.74, 6) is 1.24. The number of para-hydroxylation sites is 1. The Bertz CT molecular complexity index is 2530. The summed E-state index contributed by atoms with van der Waals surface area (Å²) >= 11 is 0. The fourth-order valence-corrected chi connectivity index (χ4v) is 9.77. The zero-order chi connectivity index (χ0) is 43.8. The van der Waals surface area contributed by atoms with Gasteiger partial charge < -0.3 is 20.0 Å². The molecule has 4 aliphatic rings. The molecule has 2 aliphatic heterocycles. The minimum Gasteiger partial charge on any atom is -0.444 e. The number of carbonyl (C=O) groups is 3. The monoisotopic (exact) mass is 867 g/mol. The van der Waals surface area contributed by atoms with Gasteiger partial charge in [-0.25, -0.2) is 23.5 Å². The van der Waals surface area contributed by atoms with Crippen LogP contribution in [0, 0.1) is 17.8 Å². The SMILES string of the molecule is CN(CC1CCC(n2cc(NC(=O)c3coc(-c4ccnc(NCC5CC5)c4)n3)c(C(F)F)n2)CC1)CC1CCN(Cc2cccc3c2n(C)c(=O)n3C2CCC(=O)NC2=O)CC1. The van der Waals surface area contributed by atoms with Gasteiger partial charge >= 0.3 is 5.69 Å². The third kappa shape index (κ3) is 9.47. The number of aryl methyl sites for hydroxylation is 1. The van der Waals surface area contributed by atoms with E-state index in [4.69, 9.17) is 4.42 Å². The summed E-state index contributed by atoms with van der Waals surface area (Å²) in [5, 5.41) is 12.6. The molecule has 0 radical (unpaired) electrons. The Morgan fingerprint density at radius 3 is 2.46 bits per heavy atom. The van der Waals surface area contributed by atoms with E-state index in [9.17, 15) is 28.0 Å².